The fourth-order valence-electron chi connectivity index (χ4n) is 1.66. The third kappa shape index (κ3) is 3.00. The van der Waals surface area contributed by atoms with Gasteiger partial charge in [0.25, 0.3) is 5.91 Å². The van der Waals surface area contributed by atoms with E-state index < -0.39 is 0 Å². The highest BCUT2D eigenvalue weighted by Crippen LogP contribution is 2.23. The van der Waals surface area contributed by atoms with Gasteiger partial charge in [0.2, 0.25) is 0 Å². The second-order valence-corrected chi connectivity index (χ2v) is 5.97. The molecular weight excluding hydrogens is 310 g/mol. The van der Waals surface area contributed by atoms with Crippen LogP contribution in [-0.2, 0) is 0 Å². The Kier molecular flexibility index (Phi) is 4.19. The minimum Gasteiger partial charge on any atom is -0.345 e. The van der Waals surface area contributed by atoms with E-state index in [0.29, 0.717) is 4.88 Å². The Balaban J connectivity index is 2.08. The maximum absolute atomic E-state index is 12.0. The molecule has 0 saturated carbocycles. The van der Waals surface area contributed by atoms with Gasteiger partial charge < -0.3 is 5.32 Å². The maximum Gasteiger partial charge on any atom is 0.262 e. The van der Waals surface area contributed by atoms with E-state index in [2.05, 4.69) is 40.3 Å². The molecule has 0 bridgehead atoms. The molecular formula is C14H14BrNOS. The fourth-order valence-corrected chi connectivity index (χ4v) is 3.11. The van der Waals surface area contributed by atoms with Gasteiger partial charge in [0, 0.05) is 4.47 Å². The average molecular weight is 324 g/mol. The molecule has 0 radical (unpaired) electrons. The Morgan fingerprint density at radius 2 is 1.94 bits per heavy atom. The van der Waals surface area contributed by atoms with Crippen LogP contribution in [0.3, 0.4) is 0 Å². The average Bonchev–Trinajstić information content (AvgIpc) is 2.76. The van der Waals surface area contributed by atoms with E-state index in [-0.39, 0.29) is 11.9 Å². The molecule has 1 heterocycles. The van der Waals surface area contributed by atoms with Crippen LogP contribution in [0.4, 0.5) is 0 Å². The summed E-state index contributed by atoms with van der Waals surface area (Å²) in [5.74, 6) is -0.0371. The Morgan fingerprint density at radius 3 is 2.50 bits per heavy atom. The lowest BCUT2D eigenvalue weighted by molar-refractivity contribution is 0.0943. The highest BCUT2D eigenvalue weighted by atomic mass is 79.9. The third-order valence-corrected chi connectivity index (χ3v) is 4.58. The van der Waals surface area contributed by atoms with Crippen LogP contribution in [0.2, 0.25) is 0 Å². The Morgan fingerprint density at radius 1 is 1.28 bits per heavy atom. The number of rotatable bonds is 3. The van der Waals surface area contributed by atoms with Crippen LogP contribution in [0.1, 0.15) is 33.8 Å². The van der Waals surface area contributed by atoms with Crippen LogP contribution in [0, 0.1) is 6.92 Å². The minimum atomic E-state index is -0.0371. The first-order chi connectivity index (χ1) is 8.58. The highest BCUT2D eigenvalue weighted by Gasteiger charge is 2.14. The van der Waals surface area contributed by atoms with E-state index >= 15 is 0 Å². The second-order valence-electron chi connectivity index (χ2n) is 4.20. The van der Waals surface area contributed by atoms with E-state index in [0.717, 1.165) is 10.0 Å². The summed E-state index contributed by atoms with van der Waals surface area (Å²) in [4.78, 5) is 12.8. The number of hydrogen-bond donors (Lipinski definition) is 1. The molecule has 18 heavy (non-hydrogen) atoms. The van der Waals surface area contributed by atoms with Gasteiger partial charge >= 0.3 is 0 Å². The lowest BCUT2D eigenvalue weighted by Gasteiger charge is -2.14. The quantitative estimate of drug-likeness (QED) is 0.895. The lowest BCUT2D eigenvalue weighted by Crippen LogP contribution is -2.26. The molecule has 1 aromatic heterocycles. The Bertz CT molecular complexity index is 547. The van der Waals surface area contributed by atoms with Crippen molar-refractivity contribution in [2.45, 2.75) is 19.9 Å². The number of halogens is 1. The van der Waals surface area contributed by atoms with Crippen molar-refractivity contribution < 1.29 is 4.79 Å². The summed E-state index contributed by atoms with van der Waals surface area (Å²) in [7, 11) is 0. The van der Waals surface area contributed by atoms with Crippen LogP contribution < -0.4 is 5.32 Å². The predicted octanol–water partition coefficient (Wildman–Crippen LogP) is 4.31. The molecule has 0 saturated heterocycles. The van der Waals surface area contributed by atoms with Gasteiger partial charge in [-0.1, -0.05) is 29.8 Å². The standard InChI is InChI=1S/C14H14BrNOS/c1-9-3-5-11(6-4-9)10(2)16-14(17)13-12(15)7-8-18-13/h3-8,10H,1-2H3,(H,16,17). The molecule has 2 nitrogen and oxygen atoms in total. The summed E-state index contributed by atoms with van der Waals surface area (Å²) in [6.45, 7) is 4.04. The first-order valence-corrected chi connectivity index (χ1v) is 7.35. The predicted molar refractivity (Wildman–Crippen MR) is 79.1 cm³/mol. The zero-order chi connectivity index (χ0) is 13.1. The molecule has 1 aromatic carbocycles. The molecule has 0 aliphatic heterocycles. The summed E-state index contributed by atoms with van der Waals surface area (Å²) < 4.78 is 0.848. The zero-order valence-electron chi connectivity index (χ0n) is 10.2. The van der Waals surface area contributed by atoms with E-state index in [4.69, 9.17) is 0 Å². The largest absolute Gasteiger partial charge is 0.345 e. The van der Waals surface area contributed by atoms with Crippen molar-refractivity contribution in [3.8, 4) is 0 Å². The highest BCUT2D eigenvalue weighted by molar-refractivity contribution is 9.10. The van der Waals surface area contributed by atoms with Crippen LogP contribution in [-0.4, -0.2) is 5.91 Å². The fraction of sp³-hybridized carbons (Fsp3) is 0.214. The molecule has 0 aliphatic rings. The van der Waals surface area contributed by atoms with Gasteiger partial charge in [-0.05, 0) is 46.8 Å². The number of amides is 1. The molecule has 4 heteroatoms. The molecule has 1 unspecified atom stereocenters. The van der Waals surface area contributed by atoms with Gasteiger partial charge in [0.1, 0.15) is 4.88 Å². The second kappa shape index (κ2) is 5.67. The van der Waals surface area contributed by atoms with Gasteiger partial charge in [0.15, 0.2) is 0 Å². The summed E-state index contributed by atoms with van der Waals surface area (Å²) in [5, 5.41) is 4.90. The topological polar surface area (TPSA) is 29.1 Å². The summed E-state index contributed by atoms with van der Waals surface area (Å²) in [5.41, 5.74) is 2.33. The van der Waals surface area contributed by atoms with Gasteiger partial charge in [0.05, 0.1) is 6.04 Å². The van der Waals surface area contributed by atoms with Crippen LogP contribution in [0.15, 0.2) is 40.2 Å². The van der Waals surface area contributed by atoms with Crippen molar-refractivity contribution in [3.05, 3.63) is 56.2 Å². The number of carbonyl (C=O) groups excluding carboxylic acids is 1. The summed E-state index contributed by atoms with van der Waals surface area (Å²) >= 11 is 4.81. The van der Waals surface area contributed by atoms with Gasteiger partial charge in [-0.3, -0.25) is 4.79 Å². The van der Waals surface area contributed by atoms with Crippen molar-refractivity contribution >= 4 is 33.2 Å². The molecule has 0 fully saturated rings. The van der Waals surface area contributed by atoms with E-state index in [1.165, 1.54) is 16.9 Å². The molecule has 0 spiro atoms. The maximum atomic E-state index is 12.0. The summed E-state index contributed by atoms with van der Waals surface area (Å²) in [6.07, 6.45) is 0. The molecule has 2 rings (SSSR count). The third-order valence-electron chi connectivity index (χ3n) is 2.75. The molecule has 0 aliphatic carbocycles. The lowest BCUT2D eigenvalue weighted by atomic mass is 10.1. The number of carbonyl (C=O) groups is 1. The molecule has 94 valence electrons. The van der Waals surface area contributed by atoms with Crippen molar-refractivity contribution in [1.29, 1.82) is 0 Å². The number of aryl methyl sites for hydroxylation is 1. The molecule has 2 aromatic rings. The van der Waals surface area contributed by atoms with Crippen LogP contribution >= 0.6 is 27.3 Å². The van der Waals surface area contributed by atoms with Crippen molar-refractivity contribution in [2.75, 3.05) is 0 Å². The number of nitrogens with one attached hydrogen (secondary N) is 1. The van der Waals surface area contributed by atoms with Gasteiger partial charge in [-0.2, -0.15) is 0 Å². The monoisotopic (exact) mass is 323 g/mol. The normalized spacial score (nSPS) is 12.2. The Hall–Kier alpha value is -1.13. The van der Waals surface area contributed by atoms with Gasteiger partial charge in [-0.25, -0.2) is 0 Å². The van der Waals surface area contributed by atoms with Crippen molar-refractivity contribution in [2.24, 2.45) is 0 Å². The summed E-state index contributed by atoms with van der Waals surface area (Å²) in [6, 6.07) is 10.1. The van der Waals surface area contributed by atoms with Crippen LogP contribution in [0.25, 0.3) is 0 Å². The van der Waals surface area contributed by atoms with Crippen LogP contribution in [0.5, 0.6) is 0 Å². The SMILES string of the molecule is Cc1ccc(C(C)NC(=O)c2sccc2Br)cc1. The molecule has 1 amide bonds. The number of hydrogen-bond acceptors (Lipinski definition) is 2. The minimum absolute atomic E-state index is 0.00657. The number of benzene rings is 1. The van der Waals surface area contributed by atoms with E-state index in [1.54, 1.807) is 0 Å². The Labute approximate surface area is 119 Å². The first kappa shape index (κ1) is 13.3. The van der Waals surface area contributed by atoms with E-state index in [1.807, 2.05) is 30.5 Å². The van der Waals surface area contributed by atoms with E-state index in [9.17, 15) is 4.79 Å². The first-order valence-electron chi connectivity index (χ1n) is 5.68. The smallest absolute Gasteiger partial charge is 0.262 e. The molecule has 1 N–H and O–H groups in total. The number of thiophene rings is 1. The molecule has 1 atom stereocenters. The zero-order valence-corrected chi connectivity index (χ0v) is 12.6. The van der Waals surface area contributed by atoms with Gasteiger partial charge in [-0.15, -0.1) is 11.3 Å². The van der Waals surface area contributed by atoms with Crippen molar-refractivity contribution in [3.63, 3.8) is 0 Å². The van der Waals surface area contributed by atoms with Crippen molar-refractivity contribution in [1.82, 2.24) is 5.32 Å².